The number of benzene rings is 1. The SMILES string of the molecule is CNC(=O)c1cccc(C(=O)N2CCC3(CCNC3)CC2)c1.Cl. The van der Waals surface area contributed by atoms with Crippen molar-refractivity contribution in [3.05, 3.63) is 35.4 Å². The van der Waals surface area contributed by atoms with E-state index in [2.05, 4.69) is 10.6 Å². The Morgan fingerprint density at radius 2 is 1.87 bits per heavy atom. The molecular weight excluding hydrogens is 314 g/mol. The van der Waals surface area contributed by atoms with E-state index >= 15 is 0 Å². The molecule has 0 bridgehead atoms. The molecular formula is C17H24ClN3O2. The quantitative estimate of drug-likeness (QED) is 0.863. The van der Waals surface area contributed by atoms with Gasteiger partial charge in [0.2, 0.25) is 0 Å². The molecule has 2 amide bonds. The highest BCUT2D eigenvalue weighted by atomic mass is 35.5. The summed E-state index contributed by atoms with van der Waals surface area (Å²) in [7, 11) is 1.59. The Morgan fingerprint density at radius 1 is 1.17 bits per heavy atom. The average Bonchev–Trinajstić information content (AvgIpc) is 3.02. The van der Waals surface area contributed by atoms with Gasteiger partial charge in [0.1, 0.15) is 0 Å². The van der Waals surface area contributed by atoms with E-state index in [-0.39, 0.29) is 24.2 Å². The lowest BCUT2D eigenvalue weighted by atomic mass is 9.78. The second-order valence-electron chi connectivity index (χ2n) is 6.38. The number of piperidine rings is 1. The first-order chi connectivity index (χ1) is 10.6. The number of hydrogen-bond acceptors (Lipinski definition) is 3. The summed E-state index contributed by atoms with van der Waals surface area (Å²) in [5.74, 6) is -0.129. The predicted octanol–water partition coefficient (Wildman–Crippen LogP) is 1.68. The van der Waals surface area contributed by atoms with Crippen molar-refractivity contribution in [2.45, 2.75) is 19.3 Å². The summed E-state index contributed by atoms with van der Waals surface area (Å²) >= 11 is 0. The van der Waals surface area contributed by atoms with Gasteiger partial charge < -0.3 is 15.5 Å². The third-order valence-corrected chi connectivity index (χ3v) is 5.04. The van der Waals surface area contributed by atoms with Crippen molar-refractivity contribution in [1.82, 2.24) is 15.5 Å². The third-order valence-electron chi connectivity index (χ3n) is 5.04. The van der Waals surface area contributed by atoms with Crippen molar-refractivity contribution < 1.29 is 9.59 Å². The monoisotopic (exact) mass is 337 g/mol. The van der Waals surface area contributed by atoms with Gasteiger partial charge in [0, 0.05) is 37.8 Å². The Labute approximate surface area is 143 Å². The van der Waals surface area contributed by atoms with Gasteiger partial charge in [-0.2, -0.15) is 0 Å². The van der Waals surface area contributed by atoms with Crippen molar-refractivity contribution in [3.8, 4) is 0 Å². The second kappa shape index (κ2) is 7.32. The Kier molecular flexibility index (Phi) is 5.65. The van der Waals surface area contributed by atoms with Gasteiger partial charge in [-0.3, -0.25) is 9.59 Å². The summed E-state index contributed by atoms with van der Waals surface area (Å²) in [6.07, 6.45) is 3.36. The standard InChI is InChI=1S/C17H23N3O2.ClH/c1-18-15(21)13-3-2-4-14(11-13)16(22)20-9-6-17(7-10-20)5-8-19-12-17;/h2-4,11,19H,5-10,12H2,1H3,(H,18,21);1H. The van der Waals surface area contributed by atoms with Gasteiger partial charge >= 0.3 is 0 Å². The van der Waals surface area contributed by atoms with Crippen LogP contribution in [0.4, 0.5) is 0 Å². The maximum Gasteiger partial charge on any atom is 0.253 e. The van der Waals surface area contributed by atoms with E-state index in [1.165, 1.54) is 6.42 Å². The third kappa shape index (κ3) is 3.67. The number of nitrogens with zero attached hydrogens (tertiary/aromatic N) is 1. The van der Waals surface area contributed by atoms with Gasteiger partial charge in [-0.05, 0) is 49.4 Å². The Morgan fingerprint density at radius 3 is 2.48 bits per heavy atom. The number of rotatable bonds is 2. The van der Waals surface area contributed by atoms with Crippen LogP contribution in [0.5, 0.6) is 0 Å². The lowest BCUT2D eigenvalue weighted by molar-refractivity contribution is 0.0607. The molecule has 1 spiro atoms. The highest BCUT2D eigenvalue weighted by Gasteiger charge is 2.38. The molecule has 5 nitrogen and oxygen atoms in total. The molecule has 1 aromatic rings. The second-order valence-corrected chi connectivity index (χ2v) is 6.38. The van der Waals surface area contributed by atoms with Gasteiger partial charge in [-0.1, -0.05) is 6.07 Å². The van der Waals surface area contributed by atoms with Crippen molar-refractivity contribution >= 4 is 24.2 Å². The topological polar surface area (TPSA) is 61.4 Å². The van der Waals surface area contributed by atoms with E-state index in [1.807, 2.05) is 4.90 Å². The summed E-state index contributed by atoms with van der Waals surface area (Å²) in [6.45, 7) is 3.80. The molecule has 0 aromatic heterocycles. The fraction of sp³-hybridized carbons (Fsp3) is 0.529. The van der Waals surface area contributed by atoms with Crippen LogP contribution in [0.1, 0.15) is 40.0 Å². The molecule has 2 aliphatic rings. The largest absolute Gasteiger partial charge is 0.355 e. The van der Waals surface area contributed by atoms with E-state index in [1.54, 1.807) is 31.3 Å². The fourth-order valence-electron chi connectivity index (χ4n) is 3.53. The van der Waals surface area contributed by atoms with Gasteiger partial charge in [0.25, 0.3) is 11.8 Å². The normalized spacial score (nSPS) is 19.3. The highest BCUT2D eigenvalue weighted by molar-refractivity contribution is 5.99. The molecule has 3 rings (SSSR count). The van der Waals surface area contributed by atoms with E-state index in [4.69, 9.17) is 0 Å². The van der Waals surface area contributed by atoms with Crippen LogP contribution in [0.25, 0.3) is 0 Å². The van der Waals surface area contributed by atoms with Crippen LogP contribution in [0.2, 0.25) is 0 Å². The molecule has 23 heavy (non-hydrogen) atoms. The van der Waals surface area contributed by atoms with E-state index in [9.17, 15) is 9.59 Å². The number of halogens is 1. The van der Waals surface area contributed by atoms with E-state index < -0.39 is 0 Å². The first-order valence-corrected chi connectivity index (χ1v) is 7.96. The lowest BCUT2D eigenvalue weighted by Gasteiger charge is -2.38. The molecule has 2 N–H and O–H groups in total. The molecule has 2 heterocycles. The number of carbonyl (C=O) groups excluding carboxylic acids is 2. The van der Waals surface area contributed by atoms with Crippen LogP contribution >= 0.6 is 12.4 Å². The molecule has 2 saturated heterocycles. The van der Waals surface area contributed by atoms with Crippen LogP contribution in [0.15, 0.2) is 24.3 Å². The maximum absolute atomic E-state index is 12.6. The highest BCUT2D eigenvalue weighted by Crippen LogP contribution is 2.37. The zero-order valence-electron chi connectivity index (χ0n) is 13.4. The Bertz CT molecular complexity index is 575. The van der Waals surface area contributed by atoms with Crippen LogP contribution in [0, 0.1) is 5.41 Å². The average molecular weight is 338 g/mol. The summed E-state index contributed by atoms with van der Waals surface area (Å²) in [4.78, 5) is 26.3. The molecule has 0 saturated carbocycles. The minimum Gasteiger partial charge on any atom is -0.355 e. The number of nitrogens with one attached hydrogen (secondary N) is 2. The van der Waals surface area contributed by atoms with Crippen LogP contribution < -0.4 is 10.6 Å². The molecule has 6 heteroatoms. The first-order valence-electron chi connectivity index (χ1n) is 7.96. The lowest BCUT2D eigenvalue weighted by Crippen LogP contribution is -2.44. The maximum atomic E-state index is 12.6. The molecule has 0 radical (unpaired) electrons. The zero-order chi connectivity index (χ0) is 15.6. The van der Waals surface area contributed by atoms with Crippen molar-refractivity contribution in [2.24, 2.45) is 5.41 Å². The number of hydrogen-bond donors (Lipinski definition) is 2. The molecule has 0 unspecified atom stereocenters. The Hall–Kier alpha value is -1.59. The van der Waals surface area contributed by atoms with Crippen molar-refractivity contribution in [2.75, 3.05) is 33.2 Å². The van der Waals surface area contributed by atoms with Gasteiger partial charge in [-0.25, -0.2) is 0 Å². The number of carbonyl (C=O) groups is 2. The van der Waals surface area contributed by atoms with Crippen LogP contribution in [-0.2, 0) is 0 Å². The van der Waals surface area contributed by atoms with Gasteiger partial charge in [0.05, 0.1) is 0 Å². The summed E-state index contributed by atoms with van der Waals surface area (Å²) in [5.41, 5.74) is 1.53. The summed E-state index contributed by atoms with van der Waals surface area (Å²) in [5, 5.41) is 6.03. The molecule has 1 aromatic carbocycles. The zero-order valence-corrected chi connectivity index (χ0v) is 14.2. The van der Waals surface area contributed by atoms with Crippen molar-refractivity contribution in [1.29, 1.82) is 0 Å². The van der Waals surface area contributed by atoms with Crippen molar-refractivity contribution in [3.63, 3.8) is 0 Å². The van der Waals surface area contributed by atoms with E-state index in [0.29, 0.717) is 16.5 Å². The molecule has 126 valence electrons. The van der Waals surface area contributed by atoms with Gasteiger partial charge in [-0.15, -0.1) is 12.4 Å². The first kappa shape index (κ1) is 17.8. The molecule has 0 aliphatic carbocycles. The van der Waals surface area contributed by atoms with E-state index in [0.717, 1.165) is 39.0 Å². The molecule has 2 aliphatic heterocycles. The number of amides is 2. The fourth-order valence-corrected chi connectivity index (χ4v) is 3.53. The number of likely N-dealkylation sites (tertiary alicyclic amines) is 1. The molecule has 2 fully saturated rings. The smallest absolute Gasteiger partial charge is 0.253 e. The predicted molar refractivity (Wildman–Crippen MR) is 92.1 cm³/mol. The summed E-state index contributed by atoms with van der Waals surface area (Å²) < 4.78 is 0. The minimum atomic E-state index is -0.163. The van der Waals surface area contributed by atoms with Crippen LogP contribution in [0.3, 0.4) is 0 Å². The van der Waals surface area contributed by atoms with Gasteiger partial charge in [0.15, 0.2) is 0 Å². The summed E-state index contributed by atoms with van der Waals surface area (Å²) in [6, 6.07) is 6.97. The Balaban J connectivity index is 0.00000192. The molecule has 0 atom stereocenters. The van der Waals surface area contributed by atoms with Crippen LogP contribution in [-0.4, -0.2) is 49.9 Å². The minimum absolute atomic E-state index is 0.